The molecule has 0 aliphatic heterocycles. The van der Waals surface area contributed by atoms with Crippen LogP contribution < -0.4 is 10.3 Å². The third-order valence-corrected chi connectivity index (χ3v) is 6.96. The zero-order valence-electron chi connectivity index (χ0n) is 16.8. The standard InChI is InChI=1S/C23H22N2O4S/c1-3-30(27,28)24-16-10-15-11-21(14-8-9-14)29-22(15)19(12-16)20-13-25(2)23(26)18-7-5-4-6-17(18)20/h4-7,10-14,24H,3,8-9H2,1-2H3. The molecule has 0 bridgehead atoms. The fraction of sp³-hybridized carbons (Fsp3) is 0.261. The van der Waals surface area contributed by atoms with E-state index in [1.807, 2.05) is 30.3 Å². The molecule has 2 aromatic heterocycles. The van der Waals surface area contributed by atoms with Gasteiger partial charge in [-0.1, -0.05) is 18.2 Å². The summed E-state index contributed by atoms with van der Waals surface area (Å²) in [7, 11) is -1.71. The topological polar surface area (TPSA) is 81.3 Å². The molecule has 1 fully saturated rings. The fourth-order valence-electron chi connectivity index (χ4n) is 3.88. The van der Waals surface area contributed by atoms with Gasteiger partial charge in [0.2, 0.25) is 10.0 Å². The Bertz CT molecular complexity index is 1460. The lowest BCUT2D eigenvalue weighted by Crippen LogP contribution is -2.16. The molecule has 30 heavy (non-hydrogen) atoms. The molecule has 1 saturated carbocycles. The fourth-order valence-corrected chi connectivity index (χ4v) is 4.50. The van der Waals surface area contributed by atoms with E-state index in [-0.39, 0.29) is 11.3 Å². The summed E-state index contributed by atoms with van der Waals surface area (Å²) in [6, 6.07) is 13.1. The van der Waals surface area contributed by atoms with Gasteiger partial charge in [0.25, 0.3) is 5.56 Å². The van der Waals surface area contributed by atoms with Gasteiger partial charge in [-0.3, -0.25) is 9.52 Å². The molecule has 0 amide bonds. The second kappa shape index (κ2) is 6.74. The Kier molecular flexibility index (Phi) is 4.25. The number of aromatic nitrogens is 1. The van der Waals surface area contributed by atoms with Gasteiger partial charge in [0.1, 0.15) is 11.3 Å². The SMILES string of the molecule is CCS(=O)(=O)Nc1cc(-c2cn(C)c(=O)c3ccccc23)c2oc(C3CC3)cc2c1. The lowest BCUT2D eigenvalue weighted by molar-refractivity contribution is 0.553. The third-order valence-electron chi connectivity index (χ3n) is 5.65. The first-order chi connectivity index (χ1) is 14.4. The van der Waals surface area contributed by atoms with Gasteiger partial charge in [-0.25, -0.2) is 8.42 Å². The Balaban J connectivity index is 1.82. The summed E-state index contributed by atoms with van der Waals surface area (Å²) in [5.41, 5.74) is 2.71. The van der Waals surface area contributed by atoms with Gasteiger partial charge in [-0.05, 0) is 49.4 Å². The van der Waals surface area contributed by atoms with Gasteiger partial charge >= 0.3 is 0 Å². The Hall–Kier alpha value is -3.06. The highest BCUT2D eigenvalue weighted by atomic mass is 32.2. The van der Waals surface area contributed by atoms with E-state index in [9.17, 15) is 13.2 Å². The molecule has 4 aromatic rings. The van der Waals surface area contributed by atoms with Gasteiger partial charge in [0.05, 0.1) is 5.75 Å². The van der Waals surface area contributed by atoms with Crippen LogP contribution in [0.5, 0.6) is 0 Å². The summed E-state index contributed by atoms with van der Waals surface area (Å²) in [5, 5.41) is 2.27. The largest absolute Gasteiger partial charge is 0.460 e. The average Bonchev–Trinajstić information content (AvgIpc) is 3.49. The molecule has 0 spiro atoms. The van der Waals surface area contributed by atoms with Crippen LogP contribution in [0.3, 0.4) is 0 Å². The highest BCUT2D eigenvalue weighted by Gasteiger charge is 2.28. The second-order valence-electron chi connectivity index (χ2n) is 7.88. The number of nitrogens with one attached hydrogen (secondary N) is 1. The molecule has 5 rings (SSSR count). The van der Waals surface area contributed by atoms with Gasteiger partial charge in [-0.15, -0.1) is 0 Å². The molecule has 6 nitrogen and oxygen atoms in total. The minimum atomic E-state index is -3.43. The third kappa shape index (κ3) is 3.19. The Morgan fingerprint density at radius 2 is 1.83 bits per heavy atom. The van der Waals surface area contributed by atoms with E-state index in [0.717, 1.165) is 40.5 Å². The van der Waals surface area contributed by atoms with Crippen LogP contribution in [0.15, 0.2) is 57.9 Å². The van der Waals surface area contributed by atoms with E-state index in [1.165, 1.54) is 0 Å². The molecular formula is C23H22N2O4S. The van der Waals surface area contributed by atoms with Crippen molar-refractivity contribution in [3.05, 3.63) is 64.8 Å². The predicted octanol–water partition coefficient (Wildman–Crippen LogP) is 4.59. The zero-order chi connectivity index (χ0) is 21.0. The molecule has 154 valence electrons. The first-order valence-electron chi connectivity index (χ1n) is 10.0. The molecule has 0 atom stereocenters. The number of hydrogen-bond acceptors (Lipinski definition) is 4. The zero-order valence-corrected chi connectivity index (χ0v) is 17.6. The maximum absolute atomic E-state index is 12.6. The van der Waals surface area contributed by atoms with Crippen molar-refractivity contribution in [2.45, 2.75) is 25.7 Å². The highest BCUT2D eigenvalue weighted by Crippen LogP contribution is 2.45. The van der Waals surface area contributed by atoms with Crippen molar-refractivity contribution >= 4 is 37.5 Å². The minimum Gasteiger partial charge on any atom is -0.460 e. The van der Waals surface area contributed by atoms with Gasteiger partial charge in [0, 0.05) is 46.7 Å². The molecule has 1 aliphatic rings. The Labute approximate surface area is 174 Å². The molecule has 2 heterocycles. The lowest BCUT2D eigenvalue weighted by Gasteiger charge is -2.13. The highest BCUT2D eigenvalue weighted by molar-refractivity contribution is 7.92. The number of aryl methyl sites for hydroxylation is 1. The van der Waals surface area contributed by atoms with E-state index in [2.05, 4.69) is 4.72 Å². The van der Waals surface area contributed by atoms with E-state index < -0.39 is 10.0 Å². The van der Waals surface area contributed by atoms with E-state index in [4.69, 9.17) is 4.42 Å². The normalized spacial score (nSPS) is 14.5. The molecule has 2 aromatic carbocycles. The van der Waals surface area contributed by atoms with Crippen LogP contribution in [0.2, 0.25) is 0 Å². The molecule has 1 aliphatic carbocycles. The van der Waals surface area contributed by atoms with E-state index >= 15 is 0 Å². The van der Waals surface area contributed by atoms with Crippen molar-refractivity contribution in [3.63, 3.8) is 0 Å². The van der Waals surface area contributed by atoms with Crippen LogP contribution in [0.25, 0.3) is 32.9 Å². The van der Waals surface area contributed by atoms with Crippen molar-refractivity contribution in [2.24, 2.45) is 7.05 Å². The van der Waals surface area contributed by atoms with E-state index in [1.54, 1.807) is 36.9 Å². The molecular weight excluding hydrogens is 400 g/mol. The van der Waals surface area contributed by atoms with Crippen molar-refractivity contribution in [3.8, 4) is 11.1 Å². The smallest absolute Gasteiger partial charge is 0.258 e. The van der Waals surface area contributed by atoms with Crippen LogP contribution in [-0.4, -0.2) is 18.7 Å². The van der Waals surface area contributed by atoms with Crippen LogP contribution in [-0.2, 0) is 17.1 Å². The lowest BCUT2D eigenvalue weighted by atomic mass is 9.98. The van der Waals surface area contributed by atoms with Gasteiger partial charge < -0.3 is 8.98 Å². The molecule has 0 saturated heterocycles. The maximum atomic E-state index is 12.6. The number of nitrogens with zero attached hydrogens (tertiary/aromatic N) is 1. The molecule has 0 radical (unpaired) electrons. The van der Waals surface area contributed by atoms with Crippen LogP contribution in [0.4, 0.5) is 5.69 Å². The first-order valence-corrected chi connectivity index (χ1v) is 11.7. The summed E-state index contributed by atoms with van der Waals surface area (Å²) in [6.45, 7) is 1.60. The monoisotopic (exact) mass is 422 g/mol. The molecule has 0 unspecified atom stereocenters. The quantitative estimate of drug-likeness (QED) is 0.510. The minimum absolute atomic E-state index is 0.0121. The number of pyridine rings is 1. The second-order valence-corrected chi connectivity index (χ2v) is 9.89. The maximum Gasteiger partial charge on any atom is 0.258 e. The predicted molar refractivity (Wildman–Crippen MR) is 119 cm³/mol. The molecule has 1 N–H and O–H groups in total. The van der Waals surface area contributed by atoms with Crippen LogP contribution in [0.1, 0.15) is 31.4 Å². The Morgan fingerprint density at radius 3 is 2.53 bits per heavy atom. The number of fused-ring (bicyclic) bond motifs is 2. The number of hydrogen-bond donors (Lipinski definition) is 1. The number of sulfonamides is 1. The number of furan rings is 1. The first kappa shape index (κ1) is 18.9. The van der Waals surface area contributed by atoms with Crippen molar-refractivity contribution in [1.82, 2.24) is 4.57 Å². The van der Waals surface area contributed by atoms with E-state index in [0.29, 0.717) is 22.6 Å². The van der Waals surface area contributed by atoms with Crippen molar-refractivity contribution in [2.75, 3.05) is 10.5 Å². The van der Waals surface area contributed by atoms with Crippen LogP contribution in [0, 0.1) is 0 Å². The van der Waals surface area contributed by atoms with Gasteiger partial charge in [0.15, 0.2) is 0 Å². The average molecular weight is 423 g/mol. The molecule has 7 heteroatoms. The van der Waals surface area contributed by atoms with Crippen LogP contribution >= 0.6 is 0 Å². The van der Waals surface area contributed by atoms with Gasteiger partial charge in [-0.2, -0.15) is 0 Å². The summed E-state index contributed by atoms with van der Waals surface area (Å²) in [4.78, 5) is 12.6. The number of benzene rings is 2. The summed E-state index contributed by atoms with van der Waals surface area (Å²) < 4.78 is 34.9. The van der Waals surface area contributed by atoms with Crippen molar-refractivity contribution < 1.29 is 12.8 Å². The Morgan fingerprint density at radius 1 is 1.10 bits per heavy atom. The van der Waals surface area contributed by atoms with Crippen molar-refractivity contribution in [1.29, 1.82) is 0 Å². The number of rotatable bonds is 5. The summed E-state index contributed by atoms with van der Waals surface area (Å²) in [6.07, 6.45) is 4.00. The number of anilines is 1. The summed E-state index contributed by atoms with van der Waals surface area (Å²) in [5.74, 6) is 1.34. The summed E-state index contributed by atoms with van der Waals surface area (Å²) >= 11 is 0.